The summed E-state index contributed by atoms with van der Waals surface area (Å²) in [6.07, 6.45) is -0.00749. The van der Waals surface area contributed by atoms with Crippen molar-refractivity contribution in [1.82, 2.24) is 0 Å². The summed E-state index contributed by atoms with van der Waals surface area (Å²) in [6.45, 7) is 4.53. The van der Waals surface area contributed by atoms with Crippen LogP contribution in [0.1, 0.15) is 6.92 Å². The fraction of sp³-hybridized carbons (Fsp3) is 0.333. The van der Waals surface area contributed by atoms with Crippen LogP contribution in [-0.4, -0.2) is 21.0 Å². The molecule has 0 rings (SSSR count). The van der Waals surface area contributed by atoms with Crippen molar-refractivity contribution in [3.63, 3.8) is 0 Å². The van der Waals surface area contributed by atoms with E-state index in [4.69, 9.17) is 14.9 Å². The van der Waals surface area contributed by atoms with Crippen LogP contribution in [0, 0.1) is 11.6 Å². The van der Waals surface area contributed by atoms with E-state index < -0.39 is 14.0 Å². The highest BCUT2D eigenvalue weighted by Crippen LogP contribution is 2.49. The molecule has 0 amide bonds. The smallest absolute Gasteiger partial charge is 0.381 e. The van der Waals surface area contributed by atoms with E-state index in [1.165, 1.54) is 6.92 Å². The van der Waals surface area contributed by atoms with Gasteiger partial charge in [0, 0.05) is 0 Å². The molecule has 0 aromatic carbocycles. The normalized spacial score (nSPS) is 12.7. The van der Waals surface area contributed by atoms with E-state index in [0.717, 1.165) is 6.26 Å². The third kappa shape index (κ3) is 5.84. The Labute approximate surface area is 65.7 Å². The first-order chi connectivity index (χ1) is 4.98. The summed E-state index contributed by atoms with van der Waals surface area (Å²) in [5.41, 5.74) is 1.99. The van der Waals surface area contributed by atoms with Crippen LogP contribution in [0.4, 0.5) is 0 Å². The van der Waals surface area contributed by atoms with Gasteiger partial charge in [-0.1, -0.05) is 6.58 Å². The highest BCUT2D eigenvalue weighted by atomic mass is 31.2. The topological polar surface area (TPSA) is 69.9 Å². The molecule has 0 saturated carbocycles. The van der Waals surface area contributed by atoms with Crippen molar-refractivity contribution < 1.29 is 19.4 Å². The number of hydrogen-bond acceptors (Lipinski definition) is 4. The summed E-state index contributed by atoms with van der Waals surface area (Å²) in [4.78, 5) is 17.7. The zero-order chi connectivity index (χ0) is 8.91. The van der Waals surface area contributed by atoms with Gasteiger partial charge in [-0.25, -0.2) is 0 Å². The number of aliphatic hydroxyl groups is 1. The van der Waals surface area contributed by atoms with E-state index >= 15 is 0 Å². The van der Waals surface area contributed by atoms with Crippen molar-refractivity contribution in [3.05, 3.63) is 12.8 Å². The monoisotopic (exact) mass is 177 g/mol. The molecule has 0 aliphatic rings. The number of hydrogen-bond donors (Lipinski definition) is 3. The molecule has 0 radical (unpaired) electrons. The van der Waals surface area contributed by atoms with Gasteiger partial charge in [-0.2, -0.15) is 9.79 Å². The molecule has 3 N–H and O–H groups in total. The third-order valence-electron chi connectivity index (χ3n) is 0.641. The molecular weight excluding hydrogens is 167 g/mol. The fourth-order valence-corrected chi connectivity index (χ4v) is 0.923. The SMILES string of the molecule is C=CO[P+](O)(O)C#CC(C)O. The highest BCUT2D eigenvalue weighted by Gasteiger charge is 2.33. The quantitative estimate of drug-likeness (QED) is 0.321. The largest absolute Gasteiger partial charge is 0.537 e. The molecule has 0 bridgehead atoms. The van der Waals surface area contributed by atoms with Gasteiger partial charge in [-0.05, 0) is 12.8 Å². The Morgan fingerprint density at radius 2 is 2.18 bits per heavy atom. The van der Waals surface area contributed by atoms with Crippen LogP contribution in [0.3, 0.4) is 0 Å². The second-order valence-electron chi connectivity index (χ2n) is 1.75. The average Bonchev–Trinajstić information content (AvgIpc) is 1.84. The van der Waals surface area contributed by atoms with Crippen molar-refractivity contribution >= 4 is 7.94 Å². The minimum absolute atomic E-state index is 0.893. The molecule has 0 saturated heterocycles. The lowest BCUT2D eigenvalue weighted by Crippen LogP contribution is -1.94. The molecule has 0 fully saturated rings. The molecule has 62 valence electrons. The lowest BCUT2D eigenvalue weighted by Gasteiger charge is -1.98. The van der Waals surface area contributed by atoms with Gasteiger partial charge in [-0.3, -0.25) is 4.52 Å². The molecule has 0 aromatic heterocycles. The molecule has 5 heteroatoms. The van der Waals surface area contributed by atoms with Gasteiger partial charge >= 0.3 is 7.94 Å². The molecule has 1 unspecified atom stereocenters. The molecule has 1 atom stereocenters. The van der Waals surface area contributed by atoms with Crippen LogP contribution in [0.15, 0.2) is 12.8 Å². The molecule has 4 nitrogen and oxygen atoms in total. The van der Waals surface area contributed by atoms with Crippen molar-refractivity contribution in [2.24, 2.45) is 0 Å². The van der Waals surface area contributed by atoms with Gasteiger partial charge in [0.15, 0.2) is 5.66 Å². The second kappa shape index (κ2) is 4.32. The Morgan fingerprint density at radius 1 is 1.64 bits per heavy atom. The Balaban J connectivity index is 4.12. The van der Waals surface area contributed by atoms with E-state index in [1.807, 2.05) is 5.66 Å². The highest BCUT2D eigenvalue weighted by molar-refractivity contribution is 7.65. The van der Waals surface area contributed by atoms with Crippen LogP contribution in [0.5, 0.6) is 0 Å². The van der Waals surface area contributed by atoms with Gasteiger partial charge < -0.3 is 5.11 Å². The summed E-state index contributed by atoms with van der Waals surface area (Å²) in [7, 11) is -3.64. The van der Waals surface area contributed by atoms with Crippen LogP contribution in [0.25, 0.3) is 0 Å². The van der Waals surface area contributed by atoms with Crippen molar-refractivity contribution in [1.29, 1.82) is 0 Å². The molecule has 0 heterocycles. The predicted octanol–water partition coefficient (Wildman–Crippen LogP) is 0.235. The maximum atomic E-state index is 8.85. The van der Waals surface area contributed by atoms with Gasteiger partial charge in [0.25, 0.3) is 0 Å². The lowest BCUT2D eigenvalue weighted by molar-refractivity contribution is 0.253. The Kier molecular flexibility index (Phi) is 4.09. The number of aliphatic hydroxyl groups excluding tert-OH is 1. The molecule has 0 aliphatic heterocycles. The standard InChI is InChI=1S/C6H10O4P/c1-3-10-11(8,9)5-4-6(2)7/h3,6-9H,1H2,2H3/q+1. The van der Waals surface area contributed by atoms with Crippen molar-refractivity contribution in [3.8, 4) is 11.6 Å². The fourth-order valence-electron chi connectivity index (χ4n) is 0.308. The first kappa shape index (κ1) is 10.4. The Morgan fingerprint density at radius 3 is 2.55 bits per heavy atom. The van der Waals surface area contributed by atoms with Crippen molar-refractivity contribution in [2.75, 3.05) is 0 Å². The molecule has 11 heavy (non-hydrogen) atoms. The van der Waals surface area contributed by atoms with Gasteiger partial charge in [0.2, 0.25) is 0 Å². The third-order valence-corrected chi connectivity index (χ3v) is 1.50. The maximum Gasteiger partial charge on any atom is 0.537 e. The summed E-state index contributed by atoms with van der Waals surface area (Å²) in [5, 5.41) is 8.62. The minimum atomic E-state index is -3.64. The minimum Gasteiger partial charge on any atom is -0.381 e. The first-order valence-electron chi connectivity index (χ1n) is 2.82. The van der Waals surface area contributed by atoms with Crippen LogP contribution in [0.2, 0.25) is 0 Å². The van der Waals surface area contributed by atoms with Crippen LogP contribution >= 0.6 is 7.94 Å². The Bertz CT molecular complexity index is 188. The average molecular weight is 177 g/mol. The molecular formula is C6H10O4P+. The lowest BCUT2D eigenvalue weighted by atomic mass is 10.4. The summed E-state index contributed by atoms with van der Waals surface area (Å²) in [5.74, 6) is 2.15. The zero-order valence-electron chi connectivity index (χ0n) is 6.06. The summed E-state index contributed by atoms with van der Waals surface area (Å²) >= 11 is 0. The molecule has 0 aliphatic carbocycles. The van der Waals surface area contributed by atoms with Gasteiger partial charge in [0.05, 0.1) is 0 Å². The van der Waals surface area contributed by atoms with E-state index in [9.17, 15) is 0 Å². The first-order valence-corrected chi connectivity index (χ1v) is 4.44. The van der Waals surface area contributed by atoms with Crippen LogP contribution < -0.4 is 0 Å². The summed E-state index contributed by atoms with van der Waals surface area (Å²) in [6, 6.07) is 0. The van der Waals surface area contributed by atoms with Gasteiger partial charge in [-0.15, -0.1) is 0 Å². The second-order valence-corrected chi connectivity index (χ2v) is 3.27. The van der Waals surface area contributed by atoms with E-state index in [-0.39, 0.29) is 0 Å². The molecule has 0 aromatic rings. The van der Waals surface area contributed by atoms with Crippen LogP contribution in [-0.2, 0) is 4.52 Å². The van der Waals surface area contributed by atoms with Gasteiger partial charge in [0.1, 0.15) is 12.4 Å². The van der Waals surface area contributed by atoms with E-state index in [0.29, 0.717) is 0 Å². The number of rotatable bonds is 2. The molecule has 0 spiro atoms. The maximum absolute atomic E-state index is 8.85. The van der Waals surface area contributed by atoms with Crippen molar-refractivity contribution in [2.45, 2.75) is 13.0 Å². The predicted molar refractivity (Wildman–Crippen MR) is 42.1 cm³/mol. The Hall–Kier alpha value is -0.590. The summed E-state index contributed by atoms with van der Waals surface area (Å²) < 4.78 is 4.28. The van der Waals surface area contributed by atoms with E-state index in [1.54, 1.807) is 0 Å². The zero-order valence-corrected chi connectivity index (χ0v) is 6.95. The van der Waals surface area contributed by atoms with E-state index in [2.05, 4.69) is 17.0 Å².